The van der Waals surface area contributed by atoms with Crippen LogP contribution in [0.5, 0.6) is 0 Å². The molecule has 1 unspecified atom stereocenters. The SMILES string of the molecule is CC(C)C(O)CSc1cccc(Br)c1. The molecular weight excluding hydrogens is 260 g/mol. The molecule has 0 aromatic heterocycles. The fourth-order valence-corrected chi connectivity index (χ4v) is 2.61. The Balaban J connectivity index is 2.45. The first kappa shape index (κ1) is 12.1. The Kier molecular flexibility index (Phi) is 4.99. The number of benzene rings is 1. The van der Waals surface area contributed by atoms with E-state index >= 15 is 0 Å². The second kappa shape index (κ2) is 5.79. The van der Waals surface area contributed by atoms with Crippen LogP contribution in [-0.2, 0) is 0 Å². The zero-order valence-electron chi connectivity index (χ0n) is 8.40. The molecule has 0 fully saturated rings. The molecule has 0 heterocycles. The van der Waals surface area contributed by atoms with Crippen LogP contribution in [0, 0.1) is 5.92 Å². The lowest BCUT2D eigenvalue weighted by molar-refractivity contribution is 0.149. The second-order valence-corrected chi connectivity index (χ2v) is 5.59. The lowest BCUT2D eigenvalue weighted by Gasteiger charge is -2.13. The highest BCUT2D eigenvalue weighted by atomic mass is 79.9. The van der Waals surface area contributed by atoms with Crippen molar-refractivity contribution < 1.29 is 5.11 Å². The van der Waals surface area contributed by atoms with Gasteiger partial charge in [0.25, 0.3) is 0 Å². The van der Waals surface area contributed by atoms with E-state index in [4.69, 9.17) is 0 Å². The molecule has 0 radical (unpaired) electrons. The van der Waals surface area contributed by atoms with Crippen molar-refractivity contribution in [2.45, 2.75) is 24.8 Å². The maximum absolute atomic E-state index is 9.62. The van der Waals surface area contributed by atoms with Crippen molar-refractivity contribution in [2.75, 3.05) is 5.75 Å². The molecule has 0 saturated heterocycles. The summed E-state index contributed by atoms with van der Waals surface area (Å²) in [4.78, 5) is 1.19. The monoisotopic (exact) mass is 274 g/mol. The molecule has 1 aromatic rings. The standard InChI is InChI=1S/C11H15BrOS/c1-8(2)11(13)7-14-10-5-3-4-9(12)6-10/h3-6,8,11,13H,7H2,1-2H3. The van der Waals surface area contributed by atoms with Gasteiger partial charge in [-0.2, -0.15) is 0 Å². The second-order valence-electron chi connectivity index (χ2n) is 3.58. The molecular formula is C11H15BrOS. The maximum Gasteiger partial charge on any atom is 0.0656 e. The van der Waals surface area contributed by atoms with E-state index in [1.54, 1.807) is 11.8 Å². The van der Waals surface area contributed by atoms with Crippen molar-refractivity contribution in [3.8, 4) is 0 Å². The number of rotatable bonds is 4. The van der Waals surface area contributed by atoms with Crippen molar-refractivity contribution in [2.24, 2.45) is 5.92 Å². The summed E-state index contributed by atoms with van der Waals surface area (Å²) >= 11 is 5.11. The minimum atomic E-state index is -0.223. The predicted octanol–water partition coefficient (Wildman–Crippen LogP) is 3.56. The van der Waals surface area contributed by atoms with E-state index in [-0.39, 0.29) is 6.10 Å². The van der Waals surface area contributed by atoms with E-state index in [0.717, 1.165) is 10.2 Å². The van der Waals surface area contributed by atoms with Crippen LogP contribution in [0.3, 0.4) is 0 Å². The van der Waals surface area contributed by atoms with Crippen LogP contribution in [0.1, 0.15) is 13.8 Å². The Hall–Kier alpha value is 0.01000. The van der Waals surface area contributed by atoms with Gasteiger partial charge in [0.05, 0.1) is 6.10 Å². The van der Waals surface area contributed by atoms with Crippen LogP contribution in [0.25, 0.3) is 0 Å². The Morgan fingerprint density at radius 3 is 2.71 bits per heavy atom. The predicted molar refractivity (Wildman–Crippen MR) is 65.7 cm³/mol. The number of hydrogen-bond donors (Lipinski definition) is 1. The topological polar surface area (TPSA) is 20.2 Å². The van der Waals surface area contributed by atoms with Gasteiger partial charge in [-0.25, -0.2) is 0 Å². The molecule has 0 spiro atoms. The Labute approximate surface area is 98.0 Å². The molecule has 0 bridgehead atoms. The summed E-state index contributed by atoms with van der Waals surface area (Å²) in [6.45, 7) is 4.07. The van der Waals surface area contributed by atoms with Gasteiger partial charge in [-0.1, -0.05) is 35.8 Å². The van der Waals surface area contributed by atoms with Crippen molar-refractivity contribution >= 4 is 27.7 Å². The Morgan fingerprint density at radius 2 is 2.14 bits per heavy atom. The summed E-state index contributed by atoms with van der Waals surface area (Å²) in [5.74, 6) is 1.09. The highest BCUT2D eigenvalue weighted by Gasteiger charge is 2.09. The average Bonchev–Trinajstić information content (AvgIpc) is 2.14. The van der Waals surface area contributed by atoms with Crippen molar-refractivity contribution in [3.63, 3.8) is 0 Å². The van der Waals surface area contributed by atoms with E-state index in [1.165, 1.54) is 4.90 Å². The fourth-order valence-electron chi connectivity index (χ4n) is 0.931. The van der Waals surface area contributed by atoms with Crippen LogP contribution >= 0.6 is 27.7 Å². The molecule has 78 valence electrons. The molecule has 0 aliphatic carbocycles. The minimum Gasteiger partial charge on any atom is -0.392 e. The summed E-state index contributed by atoms with van der Waals surface area (Å²) < 4.78 is 1.08. The van der Waals surface area contributed by atoms with Gasteiger partial charge < -0.3 is 5.11 Å². The first-order valence-electron chi connectivity index (χ1n) is 4.66. The van der Waals surface area contributed by atoms with Crippen LogP contribution in [0.15, 0.2) is 33.6 Å². The number of thioether (sulfide) groups is 1. The number of aliphatic hydroxyl groups excluding tert-OH is 1. The van der Waals surface area contributed by atoms with Gasteiger partial charge in [0, 0.05) is 15.1 Å². The van der Waals surface area contributed by atoms with Gasteiger partial charge in [0.2, 0.25) is 0 Å². The number of aliphatic hydroxyl groups is 1. The first-order valence-corrected chi connectivity index (χ1v) is 6.44. The molecule has 1 N–H and O–H groups in total. The third-order valence-corrected chi connectivity index (χ3v) is 3.58. The third-order valence-electron chi connectivity index (χ3n) is 1.99. The van der Waals surface area contributed by atoms with Crippen molar-refractivity contribution in [1.82, 2.24) is 0 Å². The largest absolute Gasteiger partial charge is 0.392 e. The molecule has 3 heteroatoms. The number of hydrogen-bond acceptors (Lipinski definition) is 2. The zero-order valence-corrected chi connectivity index (χ0v) is 10.8. The van der Waals surface area contributed by atoms with Gasteiger partial charge in [0.15, 0.2) is 0 Å². The fraction of sp³-hybridized carbons (Fsp3) is 0.455. The molecule has 0 amide bonds. The molecule has 14 heavy (non-hydrogen) atoms. The van der Waals surface area contributed by atoms with Crippen molar-refractivity contribution in [1.29, 1.82) is 0 Å². The van der Waals surface area contributed by atoms with E-state index in [2.05, 4.69) is 28.1 Å². The molecule has 1 nitrogen and oxygen atoms in total. The molecule has 1 aromatic carbocycles. The van der Waals surface area contributed by atoms with Gasteiger partial charge in [0.1, 0.15) is 0 Å². The summed E-state index contributed by atoms with van der Waals surface area (Å²) in [5.41, 5.74) is 0. The van der Waals surface area contributed by atoms with Crippen LogP contribution in [0.2, 0.25) is 0 Å². The van der Waals surface area contributed by atoms with E-state index in [9.17, 15) is 5.11 Å². The normalized spacial score (nSPS) is 13.2. The summed E-state index contributed by atoms with van der Waals surface area (Å²) in [6.07, 6.45) is -0.223. The molecule has 0 aliphatic rings. The minimum absolute atomic E-state index is 0.223. The quantitative estimate of drug-likeness (QED) is 0.848. The molecule has 0 saturated carbocycles. The highest BCUT2D eigenvalue weighted by molar-refractivity contribution is 9.10. The van der Waals surface area contributed by atoms with E-state index in [1.807, 2.05) is 26.0 Å². The summed E-state index contributed by atoms with van der Waals surface area (Å²) in [7, 11) is 0. The van der Waals surface area contributed by atoms with Gasteiger partial charge in [-0.15, -0.1) is 11.8 Å². The Morgan fingerprint density at radius 1 is 1.43 bits per heavy atom. The smallest absolute Gasteiger partial charge is 0.0656 e. The molecule has 1 atom stereocenters. The van der Waals surface area contributed by atoms with Crippen molar-refractivity contribution in [3.05, 3.63) is 28.7 Å². The summed E-state index contributed by atoms with van der Waals surface area (Å²) in [6, 6.07) is 8.14. The highest BCUT2D eigenvalue weighted by Crippen LogP contribution is 2.23. The van der Waals surface area contributed by atoms with Crippen LogP contribution in [-0.4, -0.2) is 17.0 Å². The van der Waals surface area contributed by atoms with Crippen LogP contribution < -0.4 is 0 Å². The molecule has 1 rings (SSSR count). The van der Waals surface area contributed by atoms with Gasteiger partial charge >= 0.3 is 0 Å². The van der Waals surface area contributed by atoms with Gasteiger partial charge in [-0.05, 0) is 24.1 Å². The lowest BCUT2D eigenvalue weighted by Crippen LogP contribution is -2.17. The van der Waals surface area contributed by atoms with E-state index in [0.29, 0.717) is 5.92 Å². The lowest BCUT2D eigenvalue weighted by atomic mass is 10.1. The Bertz CT molecular complexity index is 288. The van der Waals surface area contributed by atoms with E-state index < -0.39 is 0 Å². The van der Waals surface area contributed by atoms with Crippen LogP contribution in [0.4, 0.5) is 0 Å². The molecule has 0 aliphatic heterocycles. The first-order chi connectivity index (χ1) is 6.59. The third kappa shape index (κ3) is 4.03. The van der Waals surface area contributed by atoms with Gasteiger partial charge in [-0.3, -0.25) is 0 Å². The maximum atomic E-state index is 9.62. The zero-order chi connectivity index (χ0) is 10.6. The average molecular weight is 275 g/mol. The number of halogens is 1. The summed E-state index contributed by atoms with van der Waals surface area (Å²) in [5, 5.41) is 9.62.